The molecule has 1 aromatic carbocycles. The van der Waals surface area contributed by atoms with Crippen molar-refractivity contribution in [1.82, 2.24) is 10.2 Å². The number of nitrogens with one attached hydrogen (secondary N) is 1. The van der Waals surface area contributed by atoms with E-state index in [1.165, 1.54) is 38.1 Å². The first-order valence-corrected chi connectivity index (χ1v) is 7.44. The number of nitrogens with zero attached hydrogens (tertiary/aromatic N) is 1. The van der Waals surface area contributed by atoms with Gasteiger partial charge in [0, 0.05) is 11.6 Å². The molecule has 1 aromatic rings. The first-order valence-electron chi connectivity index (χ1n) is 7.06. The van der Waals surface area contributed by atoms with Gasteiger partial charge < -0.3 is 10.2 Å². The standard InChI is InChI=1S/C15H22ClFN2/c1-2-19-7-5-12(6-8-19)10-18-11-13-3-4-14(17)9-15(13)16/h3-4,9,12,18H,2,5-8,10-11H2,1H3. The van der Waals surface area contributed by atoms with Crippen molar-refractivity contribution in [3.8, 4) is 0 Å². The van der Waals surface area contributed by atoms with E-state index in [2.05, 4.69) is 17.1 Å². The summed E-state index contributed by atoms with van der Waals surface area (Å²) in [5, 5.41) is 3.95. The molecule has 0 atom stereocenters. The lowest BCUT2D eigenvalue weighted by Crippen LogP contribution is -2.36. The van der Waals surface area contributed by atoms with Crippen molar-refractivity contribution < 1.29 is 4.39 Å². The number of hydrogen-bond acceptors (Lipinski definition) is 2. The van der Waals surface area contributed by atoms with E-state index >= 15 is 0 Å². The van der Waals surface area contributed by atoms with E-state index < -0.39 is 0 Å². The van der Waals surface area contributed by atoms with Crippen LogP contribution in [0.1, 0.15) is 25.3 Å². The van der Waals surface area contributed by atoms with Gasteiger partial charge in [-0.25, -0.2) is 4.39 Å². The molecule has 1 heterocycles. The first kappa shape index (κ1) is 14.8. The van der Waals surface area contributed by atoms with Gasteiger partial charge >= 0.3 is 0 Å². The van der Waals surface area contributed by atoms with E-state index in [0.29, 0.717) is 11.6 Å². The molecular weight excluding hydrogens is 263 g/mol. The molecule has 0 saturated carbocycles. The minimum atomic E-state index is -0.277. The van der Waals surface area contributed by atoms with E-state index in [1.54, 1.807) is 6.07 Å². The second-order valence-corrected chi connectivity index (χ2v) is 5.65. The maximum absolute atomic E-state index is 12.9. The molecule has 1 saturated heterocycles. The molecule has 0 aromatic heterocycles. The SMILES string of the molecule is CCN1CCC(CNCc2ccc(F)cc2Cl)CC1. The zero-order valence-electron chi connectivity index (χ0n) is 11.5. The van der Waals surface area contributed by atoms with Gasteiger partial charge in [0.05, 0.1) is 0 Å². The fourth-order valence-corrected chi connectivity index (χ4v) is 2.82. The van der Waals surface area contributed by atoms with Crippen LogP contribution < -0.4 is 5.32 Å². The molecule has 4 heteroatoms. The largest absolute Gasteiger partial charge is 0.312 e. The van der Waals surface area contributed by atoms with Crippen LogP contribution >= 0.6 is 11.6 Å². The summed E-state index contributed by atoms with van der Waals surface area (Å²) < 4.78 is 12.9. The molecule has 0 spiro atoms. The molecule has 2 rings (SSSR count). The maximum Gasteiger partial charge on any atom is 0.124 e. The van der Waals surface area contributed by atoms with Gasteiger partial charge in [0.15, 0.2) is 0 Å². The average molecular weight is 285 g/mol. The molecule has 106 valence electrons. The number of hydrogen-bond donors (Lipinski definition) is 1. The molecule has 1 fully saturated rings. The molecule has 2 nitrogen and oxygen atoms in total. The Balaban J connectivity index is 1.72. The molecule has 19 heavy (non-hydrogen) atoms. The van der Waals surface area contributed by atoms with Gasteiger partial charge in [-0.15, -0.1) is 0 Å². The van der Waals surface area contributed by atoms with Crippen molar-refractivity contribution in [2.45, 2.75) is 26.3 Å². The Morgan fingerprint density at radius 2 is 2.11 bits per heavy atom. The van der Waals surface area contributed by atoms with Crippen molar-refractivity contribution in [2.75, 3.05) is 26.2 Å². The van der Waals surface area contributed by atoms with Crippen LogP contribution in [0.25, 0.3) is 0 Å². The van der Waals surface area contributed by atoms with E-state index in [4.69, 9.17) is 11.6 Å². The second kappa shape index (κ2) is 7.22. The van der Waals surface area contributed by atoms with Crippen LogP contribution in [-0.2, 0) is 6.54 Å². The summed E-state index contributed by atoms with van der Waals surface area (Å²) in [5.41, 5.74) is 0.967. The quantitative estimate of drug-likeness (QED) is 0.892. The van der Waals surface area contributed by atoms with Gasteiger partial charge in [-0.1, -0.05) is 24.6 Å². The lowest BCUT2D eigenvalue weighted by Gasteiger charge is -2.31. The van der Waals surface area contributed by atoms with Gasteiger partial charge in [0.2, 0.25) is 0 Å². The average Bonchev–Trinajstić information content (AvgIpc) is 2.42. The van der Waals surface area contributed by atoms with Crippen LogP contribution in [0.3, 0.4) is 0 Å². The second-order valence-electron chi connectivity index (χ2n) is 5.24. The van der Waals surface area contributed by atoms with Crippen LogP contribution in [-0.4, -0.2) is 31.1 Å². The van der Waals surface area contributed by atoms with Crippen LogP contribution in [0.2, 0.25) is 5.02 Å². The van der Waals surface area contributed by atoms with E-state index in [1.807, 2.05) is 0 Å². The predicted molar refractivity (Wildman–Crippen MR) is 78.0 cm³/mol. The summed E-state index contributed by atoms with van der Waals surface area (Å²) in [6.07, 6.45) is 2.52. The molecule has 1 aliphatic rings. The van der Waals surface area contributed by atoms with Crippen LogP contribution in [0.4, 0.5) is 4.39 Å². The van der Waals surface area contributed by atoms with Gasteiger partial charge in [-0.2, -0.15) is 0 Å². The third kappa shape index (κ3) is 4.44. The molecule has 1 aliphatic heterocycles. The predicted octanol–water partition coefficient (Wildman–Crippen LogP) is 3.30. The summed E-state index contributed by atoms with van der Waals surface area (Å²) in [5.74, 6) is 0.475. The highest BCUT2D eigenvalue weighted by molar-refractivity contribution is 6.31. The fourth-order valence-electron chi connectivity index (χ4n) is 2.58. The van der Waals surface area contributed by atoms with Crippen LogP contribution in [0.5, 0.6) is 0 Å². The van der Waals surface area contributed by atoms with Gasteiger partial charge in [-0.05, 0) is 62.6 Å². The number of likely N-dealkylation sites (tertiary alicyclic amines) is 1. The minimum absolute atomic E-state index is 0.277. The van der Waals surface area contributed by atoms with Gasteiger partial charge in [-0.3, -0.25) is 0 Å². The minimum Gasteiger partial charge on any atom is -0.312 e. The monoisotopic (exact) mass is 284 g/mol. The zero-order chi connectivity index (χ0) is 13.7. The Morgan fingerprint density at radius 1 is 1.37 bits per heavy atom. The third-order valence-corrected chi connectivity index (χ3v) is 4.27. The van der Waals surface area contributed by atoms with Crippen LogP contribution in [0, 0.1) is 11.7 Å². The van der Waals surface area contributed by atoms with Gasteiger partial charge in [0.25, 0.3) is 0 Å². The number of piperidine rings is 1. The van der Waals surface area contributed by atoms with Crippen molar-refractivity contribution >= 4 is 11.6 Å². The topological polar surface area (TPSA) is 15.3 Å². The summed E-state index contributed by atoms with van der Waals surface area (Å²) in [6, 6.07) is 4.59. The normalized spacial score (nSPS) is 17.8. The Bertz CT molecular complexity index is 403. The Morgan fingerprint density at radius 3 is 2.74 bits per heavy atom. The summed E-state index contributed by atoms with van der Waals surface area (Å²) >= 11 is 6.00. The van der Waals surface area contributed by atoms with Crippen molar-refractivity contribution in [3.05, 3.63) is 34.6 Å². The molecule has 1 N–H and O–H groups in total. The lowest BCUT2D eigenvalue weighted by molar-refractivity contribution is 0.190. The maximum atomic E-state index is 12.9. The lowest BCUT2D eigenvalue weighted by atomic mass is 9.97. The highest BCUT2D eigenvalue weighted by Gasteiger charge is 2.17. The molecule has 0 amide bonds. The molecule has 0 radical (unpaired) electrons. The zero-order valence-corrected chi connectivity index (χ0v) is 12.2. The van der Waals surface area contributed by atoms with Crippen molar-refractivity contribution in [1.29, 1.82) is 0 Å². The molecule has 0 unspecified atom stereocenters. The molecule has 0 aliphatic carbocycles. The summed E-state index contributed by atoms with van der Waals surface area (Å²) in [4.78, 5) is 2.49. The van der Waals surface area contributed by atoms with E-state index in [-0.39, 0.29) is 5.82 Å². The fraction of sp³-hybridized carbons (Fsp3) is 0.600. The smallest absolute Gasteiger partial charge is 0.124 e. The molecular formula is C15H22ClFN2. The highest BCUT2D eigenvalue weighted by Crippen LogP contribution is 2.18. The molecule has 0 bridgehead atoms. The summed E-state index contributed by atoms with van der Waals surface area (Å²) in [6.45, 7) is 7.53. The van der Waals surface area contributed by atoms with Crippen LogP contribution in [0.15, 0.2) is 18.2 Å². The summed E-state index contributed by atoms with van der Waals surface area (Å²) in [7, 11) is 0. The third-order valence-electron chi connectivity index (χ3n) is 3.92. The van der Waals surface area contributed by atoms with Gasteiger partial charge in [0.1, 0.15) is 5.82 Å². The number of halogens is 2. The van der Waals surface area contributed by atoms with Crippen molar-refractivity contribution in [3.63, 3.8) is 0 Å². The Labute approximate surface area is 119 Å². The first-order chi connectivity index (χ1) is 9.19. The van der Waals surface area contributed by atoms with E-state index in [0.717, 1.165) is 24.6 Å². The number of rotatable bonds is 5. The highest BCUT2D eigenvalue weighted by atomic mass is 35.5. The van der Waals surface area contributed by atoms with E-state index in [9.17, 15) is 4.39 Å². The van der Waals surface area contributed by atoms with Crippen molar-refractivity contribution in [2.24, 2.45) is 5.92 Å². The Hall–Kier alpha value is -0.640. The number of benzene rings is 1. The Kier molecular flexibility index (Phi) is 5.61.